The minimum absolute atomic E-state index is 0.0284. The summed E-state index contributed by atoms with van der Waals surface area (Å²) in [6.07, 6.45) is 9.68. The second-order valence-electron chi connectivity index (χ2n) is 5.29. The first-order chi connectivity index (χ1) is 8.31. The van der Waals surface area contributed by atoms with Crippen LogP contribution in [0.4, 0.5) is 0 Å². The molecule has 1 heterocycles. The molecule has 0 aromatic rings. The predicted octanol–water partition coefficient (Wildman–Crippen LogP) is 3.07. The van der Waals surface area contributed by atoms with Crippen molar-refractivity contribution in [1.29, 1.82) is 0 Å². The van der Waals surface area contributed by atoms with Gasteiger partial charge in [-0.1, -0.05) is 19.8 Å². The molecule has 0 bridgehead atoms. The van der Waals surface area contributed by atoms with Gasteiger partial charge in [-0.15, -0.1) is 0 Å². The van der Waals surface area contributed by atoms with Crippen LogP contribution in [0.1, 0.15) is 58.3 Å². The minimum atomic E-state index is 0.0284. The number of fused-ring (bicyclic) bond motifs is 1. The Kier molecular flexibility index (Phi) is 4.84. The van der Waals surface area contributed by atoms with Gasteiger partial charge in [-0.3, -0.25) is 4.79 Å². The molecule has 98 valence electrons. The van der Waals surface area contributed by atoms with E-state index in [0.717, 1.165) is 38.5 Å². The second kappa shape index (κ2) is 6.39. The van der Waals surface area contributed by atoms with Crippen LogP contribution in [0.2, 0.25) is 0 Å². The van der Waals surface area contributed by atoms with E-state index in [1.165, 1.54) is 12.8 Å². The number of esters is 1. The van der Waals surface area contributed by atoms with Gasteiger partial charge in [0.15, 0.2) is 0 Å². The van der Waals surface area contributed by atoms with Crippen molar-refractivity contribution in [3.8, 4) is 0 Å². The summed E-state index contributed by atoms with van der Waals surface area (Å²) in [6, 6.07) is 0. The largest absolute Gasteiger partial charge is 0.465 e. The van der Waals surface area contributed by atoms with Crippen molar-refractivity contribution in [2.24, 2.45) is 5.92 Å². The van der Waals surface area contributed by atoms with Crippen LogP contribution < -0.4 is 0 Å². The van der Waals surface area contributed by atoms with E-state index in [1.807, 2.05) is 6.92 Å². The molecular formula is C14H24O3. The van der Waals surface area contributed by atoms with Gasteiger partial charge in [0, 0.05) is 0 Å². The van der Waals surface area contributed by atoms with Gasteiger partial charge in [0.2, 0.25) is 0 Å². The Balaban J connectivity index is 1.76. The van der Waals surface area contributed by atoms with Crippen LogP contribution in [0, 0.1) is 5.92 Å². The molecule has 2 rings (SSSR count). The fraction of sp³-hybridized carbons (Fsp3) is 0.929. The van der Waals surface area contributed by atoms with E-state index in [0.29, 0.717) is 18.8 Å². The van der Waals surface area contributed by atoms with E-state index in [9.17, 15) is 4.79 Å². The fourth-order valence-corrected chi connectivity index (χ4v) is 2.69. The lowest BCUT2D eigenvalue weighted by Crippen LogP contribution is -2.19. The second-order valence-corrected chi connectivity index (χ2v) is 5.29. The zero-order valence-corrected chi connectivity index (χ0v) is 10.8. The zero-order chi connectivity index (χ0) is 12.1. The first kappa shape index (κ1) is 12.9. The summed E-state index contributed by atoms with van der Waals surface area (Å²) in [4.78, 5) is 11.9. The first-order valence-electron chi connectivity index (χ1n) is 7.13. The third-order valence-corrected chi connectivity index (χ3v) is 3.80. The lowest BCUT2D eigenvalue weighted by molar-refractivity contribution is -0.149. The number of hydrogen-bond donors (Lipinski definition) is 0. The molecule has 1 aliphatic heterocycles. The molecule has 3 nitrogen and oxygen atoms in total. The summed E-state index contributed by atoms with van der Waals surface area (Å²) in [6.45, 7) is 2.61. The molecule has 0 spiro atoms. The van der Waals surface area contributed by atoms with Crippen molar-refractivity contribution in [2.45, 2.75) is 70.5 Å². The van der Waals surface area contributed by atoms with Gasteiger partial charge in [0.1, 0.15) is 0 Å². The molecule has 0 radical (unpaired) electrons. The smallest absolute Gasteiger partial charge is 0.308 e. The van der Waals surface area contributed by atoms with E-state index in [1.54, 1.807) is 0 Å². The molecule has 2 fully saturated rings. The van der Waals surface area contributed by atoms with Gasteiger partial charge in [-0.05, 0) is 38.5 Å². The van der Waals surface area contributed by atoms with Gasteiger partial charge >= 0.3 is 5.97 Å². The average molecular weight is 240 g/mol. The van der Waals surface area contributed by atoms with Crippen LogP contribution >= 0.6 is 0 Å². The molecule has 2 aliphatic rings. The lowest BCUT2D eigenvalue weighted by Gasteiger charge is -2.16. The molecule has 1 saturated carbocycles. The maximum Gasteiger partial charge on any atom is 0.308 e. The van der Waals surface area contributed by atoms with Crippen LogP contribution in [-0.4, -0.2) is 24.8 Å². The minimum Gasteiger partial charge on any atom is -0.465 e. The van der Waals surface area contributed by atoms with Crippen molar-refractivity contribution in [1.82, 2.24) is 0 Å². The van der Waals surface area contributed by atoms with E-state index >= 15 is 0 Å². The Morgan fingerprint density at radius 1 is 1.12 bits per heavy atom. The lowest BCUT2D eigenvalue weighted by atomic mass is 9.92. The molecule has 0 amide bonds. The molecule has 0 aromatic carbocycles. The maximum atomic E-state index is 11.9. The molecule has 1 aliphatic carbocycles. The fourth-order valence-electron chi connectivity index (χ4n) is 2.69. The topological polar surface area (TPSA) is 38.8 Å². The van der Waals surface area contributed by atoms with Gasteiger partial charge in [0.25, 0.3) is 0 Å². The third-order valence-electron chi connectivity index (χ3n) is 3.80. The molecule has 17 heavy (non-hydrogen) atoms. The summed E-state index contributed by atoms with van der Waals surface area (Å²) in [5, 5.41) is 0. The highest BCUT2D eigenvalue weighted by molar-refractivity contribution is 5.72. The van der Waals surface area contributed by atoms with Crippen LogP contribution in [0.3, 0.4) is 0 Å². The third kappa shape index (κ3) is 3.98. The Morgan fingerprint density at radius 2 is 1.76 bits per heavy atom. The average Bonchev–Trinajstić information content (AvgIpc) is 3.09. The maximum absolute atomic E-state index is 11.9. The van der Waals surface area contributed by atoms with E-state index in [4.69, 9.17) is 9.47 Å². The highest BCUT2D eigenvalue weighted by atomic mass is 16.6. The highest BCUT2D eigenvalue weighted by Gasteiger charge is 2.38. The van der Waals surface area contributed by atoms with Gasteiger partial charge < -0.3 is 9.47 Å². The van der Waals surface area contributed by atoms with Crippen molar-refractivity contribution >= 4 is 5.97 Å². The monoisotopic (exact) mass is 240 g/mol. The van der Waals surface area contributed by atoms with Crippen LogP contribution in [-0.2, 0) is 14.3 Å². The summed E-state index contributed by atoms with van der Waals surface area (Å²) in [7, 11) is 0. The number of ether oxygens (including phenoxy) is 2. The van der Waals surface area contributed by atoms with Crippen molar-refractivity contribution in [2.75, 3.05) is 6.61 Å². The normalized spacial score (nSPS) is 33.6. The summed E-state index contributed by atoms with van der Waals surface area (Å²) >= 11 is 0. The standard InChI is InChI=1S/C14H24O3/c1-2-10-16-14(15)11-6-3-4-8-12-13(17-12)9-5-7-11/h11-13H,2-10H2,1H3. The molecule has 3 heteroatoms. The molecule has 3 unspecified atom stereocenters. The van der Waals surface area contributed by atoms with E-state index in [-0.39, 0.29) is 11.9 Å². The summed E-state index contributed by atoms with van der Waals surface area (Å²) in [5.41, 5.74) is 0. The van der Waals surface area contributed by atoms with Crippen molar-refractivity contribution in [3.63, 3.8) is 0 Å². The van der Waals surface area contributed by atoms with Crippen molar-refractivity contribution in [3.05, 3.63) is 0 Å². The van der Waals surface area contributed by atoms with Gasteiger partial charge in [-0.2, -0.15) is 0 Å². The Morgan fingerprint density at radius 3 is 2.53 bits per heavy atom. The predicted molar refractivity (Wildman–Crippen MR) is 65.7 cm³/mol. The van der Waals surface area contributed by atoms with Crippen molar-refractivity contribution < 1.29 is 14.3 Å². The quantitative estimate of drug-likeness (QED) is 0.562. The van der Waals surface area contributed by atoms with E-state index in [2.05, 4.69) is 0 Å². The number of hydrogen-bond acceptors (Lipinski definition) is 3. The van der Waals surface area contributed by atoms with E-state index < -0.39 is 0 Å². The molecule has 3 atom stereocenters. The Hall–Kier alpha value is -0.570. The molecule has 0 N–H and O–H groups in total. The number of rotatable bonds is 3. The number of carbonyl (C=O) groups excluding carboxylic acids is 1. The Bertz CT molecular complexity index is 252. The Labute approximate surface area is 104 Å². The zero-order valence-electron chi connectivity index (χ0n) is 10.8. The molecular weight excluding hydrogens is 216 g/mol. The highest BCUT2D eigenvalue weighted by Crippen LogP contribution is 2.34. The summed E-state index contributed by atoms with van der Waals surface area (Å²) in [5.74, 6) is 0.164. The SMILES string of the molecule is CCCOC(=O)C1CCCCC2OC2CCC1. The number of carbonyl (C=O) groups is 1. The van der Waals surface area contributed by atoms with Crippen LogP contribution in [0.25, 0.3) is 0 Å². The molecule has 0 aromatic heterocycles. The number of epoxide rings is 1. The summed E-state index contributed by atoms with van der Waals surface area (Å²) < 4.78 is 10.9. The van der Waals surface area contributed by atoms with Gasteiger partial charge in [-0.25, -0.2) is 0 Å². The van der Waals surface area contributed by atoms with Gasteiger partial charge in [0.05, 0.1) is 24.7 Å². The first-order valence-corrected chi connectivity index (χ1v) is 7.13. The molecule has 1 saturated heterocycles. The van der Waals surface area contributed by atoms with Crippen LogP contribution in [0.5, 0.6) is 0 Å². The van der Waals surface area contributed by atoms with Crippen LogP contribution in [0.15, 0.2) is 0 Å².